The van der Waals surface area contributed by atoms with Crippen molar-refractivity contribution in [2.24, 2.45) is 0 Å². The van der Waals surface area contributed by atoms with Gasteiger partial charge in [-0.1, -0.05) is 60.7 Å². The normalized spacial score (nSPS) is 17.6. The summed E-state index contributed by atoms with van der Waals surface area (Å²) in [6.07, 6.45) is 1.34. The van der Waals surface area contributed by atoms with E-state index in [4.69, 9.17) is 4.74 Å². The Morgan fingerprint density at radius 3 is 2.46 bits per heavy atom. The standard InChI is InChI=1S/C21H24N2O3/c1-16(22-21(25)26-15-17-9-4-2-5-10-17)20(24)23-14-8-13-19(23)18-11-6-3-7-12-18/h2-7,9-12,16,19H,8,13-15H2,1H3,(H,22,25)/t16-,19+/m0/s1. The summed E-state index contributed by atoms with van der Waals surface area (Å²) in [6.45, 7) is 2.60. The van der Waals surface area contributed by atoms with Crippen LogP contribution < -0.4 is 5.32 Å². The lowest BCUT2D eigenvalue weighted by Gasteiger charge is -2.28. The zero-order valence-electron chi connectivity index (χ0n) is 14.9. The van der Waals surface area contributed by atoms with Crippen molar-refractivity contribution in [3.8, 4) is 0 Å². The van der Waals surface area contributed by atoms with Crippen molar-refractivity contribution in [3.63, 3.8) is 0 Å². The number of hydrogen-bond acceptors (Lipinski definition) is 3. The number of ether oxygens (including phenoxy) is 1. The molecule has 0 saturated carbocycles. The second-order valence-electron chi connectivity index (χ2n) is 6.53. The first-order valence-electron chi connectivity index (χ1n) is 8.98. The number of amides is 2. The van der Waals surface area contributed by atoms with Crippen LogP contribution in [0.3, 0.4) is 0 Å². The van der Waals surface area contributed by atoms with E-state index in [1.54, 1.807) is 6.92 Å². The second-order valence-corrected chi connectivity index (χ2v) is 6.53. The van der Waals surface area contributed by atoms with Gasteiger partial charge in [-0.2, -0.15) is 0 Å². The maximum atomic E-state index is 12.8. The molecule has 26 heavy (non-hydrogen) atoms. The van der Waals surface area contributed by atoms with Crippen LogP contribution in [0.5, 0.6) is 0 Å². The zero-order chi connectivity index (χ0) is 18.4. The number of carbonyl (C=O) groups is 2. The Labute approximate surface area is 154 Å². The Morgan fingerprint density at radius 2 is 1.77 bits per heavy atom. The van der Waals surface area contributed by atoms with Gasteiger partial charge in [0.25, 0.3) is 0 Å². The molecule has 0 bridgehead atoms. The second kappa shape index (κ2) is 8.52. The lowest BCUT2D eigenvalue weighted by atomic mass is 10.0. The van der Waals surface area contributed by atoms with Crippen molar-refractivity contribution < 1.29 is 14.3 Å². The van der Waals surface area contributed by atoms with Gasteiger partial charge >= 0.3 is 6.09 Å². The fourth-order valence-corrected chi connectivity index (χ4v) is 3.30. The molecule has 2 aromatic rings. The Bertz CT molecular complexity index is 733. The molecule has 2 aromatic carbocycles. The van der Waals surface area contributed by atoms with Crippen molar-refractivity contribution in [3.05, 3.63) is 71.8 Å². The Balaban J connectivity index is 1.54. The van der Waals surface area contributed by atoms with Crippen molar-refractivity contribution in [1.82, 2.24) is 10.2 Å². The molecule has 1 N–H and O–H groups in total. The van der Waals surface area contributed by atoms with E-state index in [0.29, 0.717) is 6.54 Å². The molecule has 2 atom stereocenters. The number of nitrogens with one attached hydrogen (secondary N) is 1. The first kappa shape index (κ1) is 18.0. The molecule has 1 fully saturated rings. The monoisotopic (exact) mass is 352 g/mol. The number of carbonyl (C=O) groups excluding carboxylic acids is 2. The van der Waals surface area contributed by atoms with E-state index >= 15 is 0 Å². The number of rotatable bonds is 5. The molecule has 5 heteroatoms. The quantitative estimate of drug-likeness (QED) is 0.893. The molecule has 5 nitrogen and oxygen atoms in total. The summed E-state index contributed by atoms with van der Waals surface area (Å²) in [7, 11) is 0. The van der Waals surface area contributed by atoms with Gasteiger partial charge in [-0.15, -0.1) is 0 Å². The van der Waals surface area contributed by atoms with Crippen LogP contribution in [0.1, 0.15) is 36.9 Å². The van der Waals surface area contributed by atoms with E-state index in [0.717, 1.165) is 24.0 Å². The highest BCUT2D eigenvalue weighted by molar-refractivity contribution is 5.85. The third-order valence-corrected chi connectivity index (χ3v) is 4.64. The maximum Gasteiger partial charge on any atom is 0.408 e. The van der Waals surface area contributed by atoms with E-state index in [1.807, 2.05) is 65.6 Å². The van der Waals surface area contributed by atoms with Crippen LogP contribution in [0.15, 0.2) is 60.7 Å². The highest BCUT2D eigenvalue weighted by atomic mass is 16.5. The molecule has 1 saturated heterocycles. The van der Waals surface area contributed by atoms with Crippen LogP contribution in [-0.4, -0.2) is 29.5 Å². The van der Waals surface area contributed by atoms with Gasteiger partial charge < -0.3 is 15.0 Å². The van der Waals surface area contributed by atoms with Crippen LogP contribution in [0, 0.1) is 0 Å². The van der Waals surface area contributed by atoms with Crippen molar-refractivity contribution in [1.29, 1.82) is 0 Å². The molecule has 1 heterocycles. The largest absolute Gasteiger partial charge is 0.445 e. The van der Waals surface area contributed by atoms with E-state index < -0.39 is 12.1 Å². The zero-order valence-corrected chi connectivity index (χ0v) is 14.9. The molecule has 0 aromatic heterocycles. The number of hydrogen-bond donors (Lipinski definition) is 1. The van der Waals surface area contributed by atoms with Gasteiger partial charge in [0.1, 0.15) is 12.6 Å². The molecule has 0 aliphatic carbocycles. The summed E-state index contributed by atoms with van der Waals surface area (Å²) in [4.78, 5) is 26.6. The van der Waals surface area contributed by atoms with Crippen LogP contribution in [-0.2, 0) is 16.1 Å². The van der Waals surface area contributed by atoms with Gasteiger partial charge in [-0.05, 0) is 30.9 Å². The van der Waals surface area contributed by atoms with Gasteiger partial charge in [0.2, 0.25) is 5.91 Å². The first-order valence-corrected chi connectivity index (χ1v) is 8.98. The molecule has 0 spiro atoms. The highest BCUT2D eigenvalue weighted by Crippen LogP contribution is 2.32. The third kappa shape index (κ3) is 4.42. The van der Waals surface area contributed by atoms with Gasteiger partial charge in [0, 0.05) is 6.54 Å². The third-order valence-electron chi connectivity index (χ3n) is 4.64. The van der Waals surface area contributed by atoms with Gasteiger partial charge in [-0.3, -0.25) is 4.79 Å². The summed E-state index contributed by atoms with van der Waals surface area (Å²) >= 11 is 0. The molecule has 0 unspecified atom stereocenters. The lowest BCUT2D eigenvalue weighted by molar-refractivity contribution is -0.133. The molecule has 1 aliphatic rings. The molecule has 2 amide bonds. The van der Waals surface area contributed by atoms with Crippen molar-refractivity contribution in [2.45, 2.75) is 38.5 Å². The summed E-state index contributed by atoms with van der Waals surface area (Å²) in [6, 6.07) is 18.9. The van der Waals surface area contributed by atoms with Crippen LogP contribution >= 0.6 is 0 Å². The minimum absolute atomic E-state index is 0.0759. The topological polar surface area (TPSA) is 58.6 Å². The van der Waals surface area contributed by atoms with E-state index in [-0.39, 0.29) is 18.6 Å². The number of nitrogens with zero attached hydrogens (tertiary/aromatic N) is 1. The fraction of sp³-hybridized carbons (Fsp3) is 0.333. The van der Waals surface area contributed by atoms with Gasteiger partial charge in [0.05, 0.1) is 6.04 Å². The summed E-state index contributed by atoms with van der Waals surface area (Å²) in [5, 5.41) is 2.65. The van der Waals surface area contributed by atoms with Crippen molar-refractivity contribution >= 4 is 12.0 Å². The number of likely N-dealkylation sites (tertiary alicyclic amines) is 1. The summed E-state index contributed by atoms with van der Waals surface area (Å²) in [5.41, 5.74) is 2.04. The van der Waals surface area contributed by atoms with Crippen LogP contribution in [0.25, 0.3) is 0 Å². The SMILES string of the molecule is C[C@H](NC(=O)OCc1ccccc1)C(=O)N1CCC[C@@H]1c1ccccc1. The van der Waals surface area contributed by atoms with Crippen LogP contribution in [0.2, 0.25) is 0 Å². The number of alkyl carbamates (subject to hydrolysis) is 1. The fourth-order valence-electron chi connectivity index (χ4n) is 3.30. The Morgan fingerprint density at radius 1 is 1.12 bits per heavy atom. The molecular formula is C21H24N2O3. The molecule has 136 valence electrons. The molecular weight excluding hydrogens is 328 g/mol. The maximum absolute atomic E-state index is 12.8. The lowest BCUT2D eigenvalue weighted by Crippen LogP contribution is -2.46. The molecule has 0 radical (unpaired) electrons. The van der Waals surface area contributed by atoms with Gasteiger partial charge in [0.15, 0.2) is 0 Å². The van der Waals surface area contributed by atoms with Gasteiger partial charge in [-0.25, -0.2) is 4.79 Å². The minimum Gasteiger partial charge on any atom is -0.445 e. The minimum atomic E-state index is -0.623. The molecule has 1 aliphatic heterocycles. The predicted molar refractivity (Wildman–Crippen MR) is 99.4 cm³/mol. The van der Waals surface area contributed by atoms with Crippen molar-refractivity contribution in [2.75, 3.05) is 6.54 Å². The average molecular weight is 352 g/mol. The summed E-state index contributed by atoms with van der Waals surface area (Å²) < 4.78 is 5.20. The Hall–Kier alpha value is -2.82. The van der Waals surface area contributed by atoms with E-state index in [1.165, 1.54) is 0 Å². The summed E-state index contributed by atoms with van der Waals surface area (Å²) in [5.74, 6) is -0.0759. The average Bonchev–Trinajstić information content (AvgIpc) is 3.17. The smallest absolute Gasteiger partial charge is 0.408 e. The predicted octanol–water partition coefficient (Wildman–Crippen LogP) is 3.67. The Kier molecular flexibility index (Phi) is 5.89. The molecule has 3 rings (SSSR count). The van der Waals surface area contributed by atoms with E-state index in [2.05, 4.69) is 5.32 Å². The highest BCUT2D eigenvalue weighted by Gasteiger charge is 2.32. The number of benzene rings is 2. The van der Waals surface area contributed by atoms with Crippen LogP contribution in [0.4, 0.5) is 4.79 Å². The first-order chi connectivity index (χ1) is 12.6. The van der Waals surface area contributed by atoms with E-state index in [9.17, 15) is 9.59 Å².